The average Bonchev–Trinajstić information content (AvgIpc) is 3.43. The number of carbonyl (C=O) groups is 2. The van der Waals surface area contributed by atoms with Gasteiger partial charge in [0.1, 0.15) is 6.04 Å². The summed E-state index contributed by atoms with van der Waals surface area (Å²) in [6.07, 6.45) is 7.00. The molecule has 0 bridgehead atoms. The molecule has 8 heteroatoms. The van der Waals surface area contributed by atoms with Crippen molar-refractivity contribution in [2.24, 2.45) is 7.05 Å². The van der Waals surface area contributed by atoms with E-state index >= 15 is 0 Å². The number of pyridine rings is 1. The Balaban J connectivity index is 1.42. The van der Waals surface area contributed by atoms with Crippen LogP contribution < -0.4 is 10.6 Å². The number of thiazole rings is 1. The molecule has 4 aromatic rings. The van der Waals surface area contributed by atoms with Gasteiger partial charge in [0, 0.05) is 42.8 Å². The summed E-state index contributed by atoms with van der Waals surface area (Å²) in [5.41, 5.74) is 4.38. The van der Waals surface area contributed by atoms with Crippen LogP contribution in [0.25, 0.3) is 22.4 Å². The Labute approximate surface area is 183 Å². The molecule has 0 aliphatic rings. The Morgan fingerprint density at radius 1 is 1.06 bits per heavy atom. The lowest BCUT2D eigenvalue weighted by Crippen LogP contribution is -2.41. The normalized spacial score (nSPS) is 11.7. The quantitative estimate of drug-likeness (QED) is 0.484. The predicted molar refractivity (Wildman–Crippen MR) is 122 cm³/mol. The Hall–Kier alpha value is -3.78. The molecule has 3 heterocycles. The maximum Gasteiger partial charge on any atom is 0.253 e. The highest BCUT2D eigenvalue weighted by Crippen LogP contribution is 2.28. The second-order valence-electron chi connectivity index (χ2n) is 7.10. The van der Waals surface area contributed by atoms with Crippen LogP contribution in [-0.2, 0) is 11.8 Å². The van der Waals surface area contributed by atoms with Gasteiger partial charge in [0.25, 0.3) is 5.91 Å². The second-order valence-corrected chi connectivity index (χ2v) is 7.96. The third-order valence-corrected chi connectivity index (χ3v) is 5.50. The van der Waals surface area contributed by atoms with Crippen molar-refractivity contribution in [1.29, 1.82) is 0 Å². The van der Waals surface area contributed by atoms with E-state index < -0.39 is 6.04 Å². The molecule has 0 saturated heterocycles. The topological polar surface area (TPSA) is 88.9 Å². The van der Waals surface area contributed by atoms with Crippen LogP contribution in [0.15, 0.2) is 72.6 Å². The van der Waals surface area contributed by atoms with E-state index in [2.05, 4.69) is 26.7 Å². The van der Waals surface area contributed by atoms with E-state index in [1.165, 1.54) is 11.3 Å². The van der Waals surface area contributed by atoms with E-state index in [0.29, 0.717) is 10.7 Å². The molecule has 1 aromatic carbocycles. The van der Waals surface area contributed by atoms with Gasteiger partial charge in [-0.05, 0) is 42.3 Å². The fraction of sp³-hybridized carbons (Fsp3) is 0.130. The van der Waals surface area contributed by atoms with Gasteiger partial charge in [-0.2, -0.15) is 0 Å². The van der Waals surface area contributed by atoms with Crippen LogP contribution in [0.1, 0.15) is 17.3 Å². The second kappa shape index (κ2) is 8.93. The van der Waals surface area contributed by atoms with Crippen LogP contribution in [0.4, 0.5) is 5.13 Å². The molecule has 7 nitrogen and oxygen atoms in total. The van der Waals surface area contributed by atoms with Crippen LogP contribution in [0, 0.1) is 0 Å². The van der Waals surface area contributed by atoms with E-state index in [0.717, 1.165) is 22.4 Å². The lowest BCUT2D eigenvalue weighted by atomic mass is 10.0. The molecule has 0 radical (unpaired) electrons. The molecule has 1 atom stereocenters. The molecule has 3 aromatic heterocycles. The van der Waals surface area contributed by atoms with Gasteiger partial charge in [0.05, 0.1) is 11.3 Å². The first-order chi connectivity index (χ1) is 15.0. The molecule has 0 fully saturated rings. The number of hydrogen-bond acceptors (Lipinski definition) is 5. The van der Waals surface area contributed by atoms with Gasteiger partial charge in [0.2, 0.25) is 5.91 Å². The molecule has 0 aliphatic heterocycles. The van der Waals surface area contributed by atoms with Crippen molar-refractivity contribution in [2.45, 2.75) is 13.0 Å². The highest BCUT2D eigenvalue weighted by atomic mass is 32.1. The van der Waals surface area contributed by atoms with Crippen LogP contribution in [0.2, 0.25) is 0 Å². The zero-order chi connectivity index (χ0) is 21.8. The summed E-state index contributed by atoms with van der Waals surface area (Å²) in [7, 11) is 1.83. The molecule has 0 spiro atoms. The molecule has 0 saturated carbocycles. The number of amides is 2. The number of aryl methyl sites for hydroxylation is 1. The molecular weight excluding hydrogens is 410 g/mol. The molecule has 4 rings (SSSR count). The summed E-state index contributed by atoms with van der Waals surface area (Å²) in [6, 6.07) is 13.0. The fourth-order valence-electron chi connectivity index (χ4n) is 3.06. The third-order valence-electron chi connectivity index (χ3n) is 4.74. The van der Waals surface area contributed by atoms with Crippen LogP contribution in [-0.4, -0.2) is 32.4 Å². The van der Waals surface area contributed by atoms with E-state index in [1.807, 2.05) is 42.8 Å². The van der Waals surface area contributed by atoms with E-state index in [4.69, 9.17) is 0 Å². The number of anilines is 1. The Bertz CT molecular complexity index is 1220. The smallest absolute Gasteiger partial charge is 0.253 e. The van der Waals surface area contributed by atoms with Crippen LogP contribution >= 0.6 is 11.3 Å². The summed E-state index contributed by atoms with van der Waals surface area (Å²) in [5.74, 6) is -0.619. The highest BCUT2D eigenvalue weighted by molar-refractivity contribution is 7.14. The molecule has 2 amide bonds. The summed E-state index contributed by atoms with van der Waals surface area (Å²) in [6.45, 7) is 1.64. The number of aromatic nitrogens is 3. The number of benzene rings is 1. The molecule has 0 aliphatic carbocycles. The Morgan fingerprint density at radius 2 is 1.84 bits per heavy atom. The molecule has 31 heavy (non-hydrogen) atoms. The van der Waals surface area contributed by atoms with E-state index in [-0.39, 0.29) is 11.8 Å². The molecule has 1 unspecified atom stereocenters. The summed E-state index contributed by atoms with van der Waals surface area (Å²) in [4.78, 5) is 33.3. The highest BCUT2D eigenvalue weighted by Gasteiger charge is 2.18. The SMILES string of the molecule is CC(NC(=O)c1ccn(C)c1)C(=O)Nc1nc(-c2cccc(-c3ccncc3)c2)cs1. The zero-order valence-corrected chi connectivity index (χ0v) is 17.9. The van der Waals surface area contributed by atoms with Gasteiger partial charge in [0.15, 0.2) is 5.13 Å². The minimum Gasteiger partial charge on any atom is -0.356 e. The van der Waals surface area contributed by atoms with Crippen LogP contribution in [0.5, 0.6) is 0 Å². The monoisotopic (exact) mass is 431 g/mol. The first-order valence-electron chi connectivity index (χ1n) is 9.69. The number of nitrogens with one attached hydrogen (secondary N) is 2. The van der Waals surface area contributed by atoms with Gasteiger partial charge in [-0.15, -0.1) is 11.3 Å². The standard InChI is InChI=1S/C23H21N5O2S/c1-15(25-22(30)19-8-11-28(2)13-19)21(29)27-23-26-20(14-31-23)18-5-3-4-17(12-18)16-6-9-24-10-7-16/h3-15H,1-2H3,(H,25,30)(H,26,27,29). The van der Waals surface area contributed by atoms with E-state index in [1.54, 1.807) is 42.3 Å². The first kappa shape index (κ1) is 20.5. The minimum atomic E-state index is -0.699. The summed E-state index contributed by atoms with van der Waals surface area (Å²) >= 11 is 1.34. The van der Waals surface area contributed by atoms with Crippen molar-refractivity contribution in [3.05, 3.63) is 78.2 Å². The average molecular weight is 432 g/mol. The van der Waals surface area contributed by atoms with Crippen LogP contribution in [0.3, 0.4) is 0 Å². The largest absolute Gasteiger partial charge is 0.356 e. The summed E-state index contributed by atoms with van der Waals surface area (Å²) in [5, 5.41) is 7.86. The van der Waals surface area contributed by atoms with Crippen molar-refractivity contribution < 1.29 is 9.59 Å². The van der Waals surface area contributed by atoms with Crippen molar-refractivity contribution in [3.63, 3.8) is 0 Å². The van der Waals surface area contributed by atoms with Gasteiger partial charge in [-0.25, -0.2) is 4.98 Å². The molecular formula is C23H21N5O2S. The first-order valence-corrected chi connectivity index (χ1v) is 10.6. The Kier molecular flexibility index (Phi) is 5.90. The van der Waals surface area contributed by atoms with Gasteiger partial charge < -0.3 is 15.2 Å². The minimum absolute atomic E-state index is 0.295. The lowest BCUT2D eigenvalue weighted by molar-refractivity contribution is -0.117. The summed E-state index contributed by atoms with van der Waals surface area (Å²) < 4.78 is 1.78. The number of hydrogen-bond donors (Lipinski definition) is 2. The van der Waals surface area contributed by atoms with Crippen molar-refractivity contribution in [2.75, 3.05) is 5.32 Å². The lowest BCUT2D eigenvalue weighted by Gasteiger charge is -2.12. The maximum absolute atomic E-state index is 12.5. The zero-order valence-electron chi connectivity index (χ0n) is 17.1. The third kappa shape index (κ3) is 4.87. The number of nitrogens with zero attached hydrogens (tertiary/aromatic N) is 3. The van der Waals surface area contributed by atoms with Crippen molar-refractivity contribution in [3.8, 4) is 22.4 Å². The van der Waals surface area contributed by atoms with Crippen molar-refractivity contribution in [1.82, 2.24) is 19.9 Å². The van der Waals surface area contributed by atoms with Gasteiger partial charge in [-0.1, -0.05) is 18.2 Å². The van der Waals surface area contributed by atoms with E-state index in [9.17, 15) is 9.59 Å². The predicted octanol–water partition coefficient (Wildman–Crippen LogP) is 3.97. The molecule has 2 N–H and O–H groups in total. The number of carbonyl (C=O) groups excluding carboxylic acids is 2. The van der Waals surface area contributed by atoms with Gasteiger partial charge >= 0.3 is 0 Å². The van der Waals surface area contributed by atoms with Gasteiger partial charge in [-0.3, -0.25) is 14.6 Å². The Morgan fingerprint density at radius 3 is 2.58 bits per heavy atom. The molecule has 156 valence electrons. The van der Waals surface area contributed by atoms with Crippen molar-refractivity contribution >= 4 is 28.3 Å². The number of rotatable bonds is 6. The maximum atomic E-state index is 12.5. The fourth-order valence-corrected chi connectivity index (χ4v) is 3.79.